The fourth-order valence-corrected chi connectivity index (χ4v) is 4.01. The Morgan fingerprint density at radius 3 is 2.76 bits per heavy atom. The normalized spacial score (nSPS) is 19.9. The first-order chi connectivity index (χ1) is 16.5. The van der Waals surface area contributed by atoms with Crippen molar-refractivity contribution in [2.45, 2.75) is 31.4 Å². The highest BCUT2D eigenvalue weighted by Gasteiger charge is 2.40. The van der Waals surface area contributed by atoms with Crippen LogP contribution in [0, 0.1) is 0 Å². The number of phenols is 1. The van der Waals surface area contributed by atoms with Gasteiger partial charge in [0.1, 0.15) is 12.0 Å². The fourth-order valence-electron chi connectivity index (χ4n) is 4.01. The maximum atomic E-state index is 12.1. The lowest BCUT2D eigenvalue weighted by atomic mass is 10.1. The number of fused-ring (bicyclic) bond motifs is 1. The van der Waals surface area contributed by atoms with E-state index >= 15 is 0 Å². The molecule has 1 fully saturated rings. The second-order valence-electron chi connectivity index (χ2n) is 8.04. The van der Waals surface area contributed by atoms with Gasteiger partial charge in [0.15, 0.2) is 28.9 Å². The van der Waals surface area contributed by atoms with E-state index in [1.165, 1.54) is 7.05 Å². The molecule has 0 unspecified atom stereocenters. The van der Waals surface area contributed by atoms with Crippen LogP contribution in [-0.4, -0.2) is 54.9 Å². The van der Waals surface area contributed by atoms with Gasteiger partial charge in [-0.05, 0) is 17.7 Å². The molecule has 34 heavy (non-hydrogen) atoms. The summed E-state index contributed by atoms with van der Waals surface area (Å²) in [5.41, 5.74) is 2.72. The molecule has 2 aromatic carbocycles. The molecule has 1 aliphatic heterocycles. The molecule has 0 saturated carbocycles. The Hall–Kier alpha value is -4.02. The lowest BCUT2D eigenvalue weighted by Crippen LogP contribution is -2.38. The largest absolute Gasteiger partial charge is 0.508 e. The summed E-state index contributed by atoms with van der Waals surface area (Å²) in [4.78, 5) is 25.9. The zero-order valence-corrected chi connectivity index (χ0v) is 18.4. The number of aliphatic hydroxyl groups excluding tert-OH is 1. The Labute approximate surface area is 195 Å². The number of aromatic nitrogens is 4. The number of rotatable bonds is 6. The Morgan fingerprint density at radius 1 is 1.18 bits per heavy atom. The summed E-state index contributed by atoms with van der Waals surface area (Å²) in [7, 11) is 1.50. The molecule has 3 heterocycles. The zero-order chi connectivity index (χ0) is 23.7. The number of hydrogen-bond acceptors (Lipinski definition) is 8. The summed E-state index contributed by atoms with van der Waals surface area (Å²) in [6, 6.07) is 16.6. The highest BCUT2D eigenvalue weighted by atomic mass is 16.5. The third-order valence-corrected chi connectivity index (χ3v) is 5.74. The van der Waals surface area contributed by atoms with Gasteiger partial charge in [0, 0.05) is 25.6 Å². The van der Waals surface area contributed by atoms with Crippen molar-refractivity contribution in [3.63, 3.8) is 0 Å². The summed E-state index contributed by atoms with van der Waals surface area (Å²) in [6.45, 7) is 0.524. The minimum atomic E-state index is -0.976. The van der Waals surface area contributed by atoms with Crippen molar-refractivity contribution in [1.29, 1.82) is 0 Å². The van der Waals surface area contributed by atoms with Crippen molar-refractivity contribution in [1.82, 2.24) is 24.8 Å². The molecule has 4 aromatic rings. The molecule has 0 spiro atoms. The van der Waals surface area contributed by atoms with Gasteiger partial charge >= 0.3 is 0 Å². The van der Waals surface area contributed by atoms with Crippen molar-refractivity contribution < 1.29 is 19.7 Å². The van der Waals surface area contributed by atoms with Crippen LogP contribution < -0.4 is 10.6 Å². The van der Waals surface area contributed by atoms with Crippen LogP contribution in [0.1, 0.15) is 18.2 Å². The molecule has 1 saturated heterocycles. The SMILES string of the molecule is CNC(=O)[C@H]1O[C@@H](n2cnc3c(NCc4ccccc4)nc(-c4cccc(O)c4)nc32)C[C@@H]1O. The number of carbonyl (C=O) groups excluding carboxylic acids is 1. The molecule has 10 nitrogen and oxygen atoms in total. The first kappa shape index (κ1) is 21.8. The Morgan fingerprint density at radius 2 is 2.00 bits per heavy atom. The highest BCUT2D eigenvalue weighted by molar-refractivity contribution is 5.85. The standard InChI is InChI=1S/C24H24N6O4/c1-25-24(33)20-17(32)11-18(34-20)30-13-27-19-22(26-12-14-6-3-2-4-7-14)28-21(29-23(19)30)15-8-5-9-16(31)10-15/h2-10,13,17-18,20,31-32H,11-12H2,1H3,(H,25,33)(H,26,28,29)/t17-,18+,20-/m0/s1. The number of aromatic hydroxyl groups is 1. The average molecular weight is 460 g/mol. The van der Waals surface area contributed by atoms with Gasteiger partial charge in [-0.1, -0.05) is 42.5 Å². The first-order valence-electron chi connectivity index (χ1n) is 10.9. The molecule has 2 aromatic heterocycles. The van der Waals surface area contributed by atoms with Crippen LogP contribution >= 0.6 is 0 Å². The molecular weight excluding hydrogens is 436 g/mol. The second kappa shape index (κ2) is 9.08. The van der Waals surface area contributed by atoms with Crippen LogP contribution in [0.4, 0.5) is 5.82 Å². The van der Waals surface area contributed by atoms with Gasteiger partial charge in [-0.3, -0.25) is 9.36 Å². The number of likely N-dealkylation sites (N-methyl/N-ethyl adjacent to an activating group) is 1. The van der Waals surface area contributed by atoms with Crippen molar-refractivity contribution >= 4 is 22.9 Å². The van der Waals surface area contributed by atoms with Gasteiger partial charge in [-0.2, -0.15) is 0 Å². The van der Waals surface area contributed by atoms with E-state index < -0.39 is 18.4 Å². The molecule has 4 N–H and O–H groups in total. The number of phenolic OH excluding ortho intramolecular Hbond substituents is 1. The highest BCUT2D eigenvalue weighted by Crippen LogP contribution is 2.33. The van der Waals surface area contributed by atoms with Gasteiger partial charge in [-0.15, -0.1) is 0 Å². The summed E-state index contributed by atoms with van der Waals surface area (Å²) in [5.74, 6) is 0.623. The number of hydrogen-bond donors (Lipinski definition) is 4. The summed E-state index contributed by atoms with van der Waals surface area (Å²) >= 11 is 0. The van der Waals surface area contributed by atoms with Crippen LogP contribution in [0.25, 0.3) is 22.6 Å². The number of amides is 1. The van der Waals surface area contributed by atoms with Crippen LogP contribution in [0.15, 0.2) is 60.9 Å². The summed E-state index contributed by atoms with van der Waals surface area (Å²) < 4.78 is 7.55. The van der Waals surface area contributed by atoms with Crippen LogP contribution in [0.5, 0.6) is 5.75 Å². The van der Waals surface area contributed by atoms with Crippen molar-refractivity contribution in [3.8, 4) is 17.1 Å². The molecule has 0 radical (unpaired) electrons. The quantitative estimate of drug-likeness (QED) is 0.344. The van der Waals surface area contributed by atoms with Gasteiger partial charge in [-0.25, -0.2) is 15.0 Å². The Balaban J connectivity index is 1.56. The third-order valence-electron chi connectivity index (χ3n) is 5.74. The summed E-state index contributed by atoms with van der Waals surface area (Å²) in [6.07, 6.45) is -0.776. The number of aliphatic hydroxyl groups is 1. The maximum absolute atomic E-state index is 12.1. The Bertz CT molecular complexity index is 1330. The predicted molar refractivity (Wildman–Crippen MR) is 125 cm³/mol. The predicted octanol–water partition coefficient (Wildman–Crippen LogP) is 2.21. The minimum Gasteiger partial charge on any atom is -0.508 e. The number of ether oxygens (including phenoxy) is 1. The fraction of sp³-hybridized carbons (Fsp3) is 0.250. The van der Waals surface area contributed by atoms with Crippen LogP contribution in [-0.2, 0) is 16.1 Å². The van der Waals surface area contributed by atoms with E-state index in [4.69, 9.17) is 9.72 Å². The van der Waals surface area contributed by atoms with E-state index in [0.717, 1.165) is 5.56 Å². The second-order valence-corrected chi connectivity index (χ2v) is 8.04. The summed E-state index contributed by atoms with van der Waals surface area (Å²) in [5, 5.41) is 26.2. The molecule has 1 aliphatic rings. The molecule has 174 valence electrons. The van der Waals surface area contributed by atoms with E-state index in [9.17, 15) is 15.0 Å². The monoisotopic (exact) mass is 460 g/mol. The van der Waals surface area contributed by atoms with Crippen molar-refractivity contribution in [3.05, 3.63) is 66.5 Å². The number of carbonyl (C=O) groups is 1. The maximum Gasteiger partial charge on any atom is 0.251 e. The van der Waals surface area contributed by atoms with E-state index in [-0.39, 0.29) is 18.1 Å². The van der Waals surface area contributed by atoms with E-state index in [1.807, 2.05) is 30.3 Å². The molecule has 0 aliphatic carbocycles. The van der Waals surface area contributed by atoms with Gasteiger partial charge in [0.25, 0.3) is 5.91 Å². The molecule has 1 amide bonds. The zero-order valence-electron chi connectivity index (χ0n) is 18.4. The van der Waals surface area contributed by atoms with Gasteiger partial charge in [0.2, 0.25) is 0 Å². The minimum absolute atomic E-state index is 0.101. The topological polar surface area (TPSA) is 134 Å². The molecular formula is C24H24N6O4. The van der Waals surface area contributed by atoms with Crippen molar-refractivity contribution in [2.75, 3.05) is 12.4 Å². The van der Waals surface area contributed by atoms with Gasteiger partial charge in [0.05, 0.1) is 12.4 Å². The number of nitrogens with zero attached hydrogens (tertiary/aromatic N) is 4. The average Bonchev–Trinajstić information content (AvgIpc) is 3.46. The molecule has 5 rings (SSSR count). The lowest BCUT2D eigenvalue weighted by molar-refractivity contribution is -0.137. The number of benzene rings is 2. The smallest absolute Gasteiger partial charge is 0.251 e. The molecule has 3 atom stereocenters. The van der Waals surface area contributed by atoms with E-state index in [2.05, 4.69) is 20.6 Å². The van der Waals surface area contributed by atoms with Gasteiger partial charge < -0.3 is 25.6 Å². The van der Waals surface area contributed by atoms with Crippen LogP contribution in [0.2, 0.25) is 0 Å². The number of imidazole rings is 1. The lowest BCUT2D eigenvalue weighted by Gasteiger charge is -2.15. The van der Waals surface area contributed by atoms with E-state index in [0.29, 0.717) is 34.9 Å². The number of nitrogens with one attached hydrogen (secondary N) is 2. The van der Waals surface area contributed by atoms with E-state index in [1.54, 1.807) is 35.2 Å². The van der Waals surface area contributed by atoms with Crippen LogP contribution in [0.3, 0.4) is 0 Å². The third kappa shape index (κ3) is 4.16. The van der Waals surface area contributed by atoms with Crippen molar-refractivity contribution in [2.24, 2.45) is 0 Å². The first-order valence-corrected chi connectivity index (χ1v) is 10.9. The number of anilines is 1. The molecule has 0 bridgehead atoms. The molecule has 10 heteroatoms. The Kier molecular flexibility index (Phi) is 5.83.